The molecule has 2 aromatic carbocycles. The number of fused-ring (bicyclic) bond motifs is 2. The highest BCUT2D eigenvalue weighted by Gasteiger charge is 2.14. The van der Waals surface area contributed by atoms with E-state index in [0.29, 0.717) is 36.2 Å². The minimum Gasteiger partial charge on any atom is -0.486 e. The van der Waals surface area contributed by atoms with Crippen LogP contribution in [0.15, 0.2) is 47.6 Å². The van der Waals surface area contributed by atoms with Crippen LogP contribution in [0.4, 0.5) is 10.5 Å². The zero-order valence-corrected chi connectivity index (χ0v) is 15.7. The van der Waals surface area contributed by atoms with Crippen molar-refractivity contribution < 1.29 is 19.1 Å². The van der Waals surface area contributed by atoms with E-state index in [1.165, 1.54) is 11.8 Å². The van der Waals surface area contributed by atoms with Gasteiger partial charge in [0.05, 0.1) is 11.0 Å². The van der Waals surface area contributed by atoms with Crippen molar-refractivity contribution >= 4 is 40.4 Å². The maximum absolute atomic E-state index is 12.0. The summed E-state index contributed by atoms with van der Waals surface area (Å²) in [5.41, 5.74) is 2.35. The quantitative estimate of drug-likeness (QED) is 0.570. The lowest BCUT2D eigenvalue weighted by molar-refractivity contribution is -0.119. The lowest BCUT2D eigenvalue weighted by atomic mass is 10.2. The van der Waals surface area contributed by atoms with E-state index >= 15 is 0 Å². The summed E-state index contributed by atoms with van der Waals surface area (Å²) < 4.78 is 10.9. The number of nitrogens with one attached hydrogen (secondary N) is 3. The average molecular weight is 398 g/mol. The Morgan fingerprint density at radius 2 is 1.93 bits per heavy atom. The number of carbonyl (C=O) groups excluding carboxylic acids is 2. The summed E-state index contributed by atoms with van der Waals surface area (Å²) in [6, 6.07) is 12.2. The van der Waals surface area contributed by atoms with Crippen molar-refractivity contribution in [1.82, 2.24) is 15.3 Å². The van der Waals surface area contributed by atoms with Gasteiger partial charge in [-0.25, -0.2) is 9.78 Å². The van der Waals surface area contributed by atoms with Gasteiger partial charge in [0, 0.05) is 23.9 Å². The number of benzene rings is 2. The largest absolute Gasteiger partial charge is 0.486 e. The highest BCUT2D eigenvalue weighted by atomic mass is 32.2. The van der Waals surface area contributed by atoms with Crippen molar-refractivity contribution in [1.29, 1.82) is 0 Å². The summed E-state index contributed by atoms with van der Waals surface area (Å²) in [7, 11) is 0. The predicted molar refractivity (Wildman–Crippen MR) is 106 cm³/mol. The molecule has 0 radical (unpaired) electrons. The molecule has 1 aromatic heterocycles. The van der Waals surface area contributed by atoms with E-state index in [1.807, 2.05) is 24.3 Å². The number of imide groups is 1. The first-order valence-electron chi connectivity index (χ1n) is 8.75. The number of H-pyrrole nitrogens is 1. The third-order valence-electron chi connectivity index (χ3n) is 3.99. The molecule has 0 spiro atoms. The van der Waals surface area contributed by atoms with Crippen molar-refractivity contribution in [2.75, 3.05) is 24.3 Å². The van der Waals surface area contributed by atoms with Crippen molar-refractivity contribution in [2.45, 2.75) is 11.6 Å². The number of urea groups is 1. The van der Waals surface area contributed by atoms with Crippen LogP contribution in [0.2, 0.25) is 0 Å². The van der Waals surface area contributed by atoms with Crippen LogP contribution >= 0.6 is 11.8 Å². The summed E-state index contributed by atoms with van der Waals surface area (Å²) in [4.78, 5) is 31.6. The molecule has 3 N–H and O–H groups in total. The lowest BCUT2D eigenvalue weighted by Gasteiger charge is -2.19. The number of ether oxygens (including phenoxy) is 2. The standard InChI is InChI=1S/C19H18N4O4S/c24-17(7-10-28-19-21-13-3-1-2-4-14(13)22-19)23-18(25)20-12-5-6-15-16(11-12)27-9-8-26-15/h1-6,11H,7-10H2,(H,21,22)(H2,20,23,24,25). The van der Waals surface area contributed by atoms with Crippen LogP contribution in [0.3, 0.4) is 0 Å². The first-order chi connectivity index (χ1) is 13.7. The Hall–Kier alpha value is -3.20. The number of amides is 3. The molecule has 0 saturated heterocycles. The van der Waals surface area contributed by atoms with Gasteiger partial charge in [-0.1, -0.05) is 23.9 Å². The molecule has 0 unspecified atom stereocenters. The number of aromatic amines is 1. The molecule has 0 fully saturated rings. The second-order valence-corrected chi connectivity index (χ2v) is 7.10. The number of anilines is 1. The number of hydrogen-bond acceptors (Lipinski definition) is 6. The van der Waals surface area contributed by atoms with Gasteiger partial charge in [-0.3, -0.25) is 10.1 Å². The molecule has 9 heteroatoms. The Bertz CT molecular complexity index is 987. The van der Waals surface area contributed by atoms with Crippen LogP contribution in [0, 0.1) is 0 Å². The Morgan fingerprint density at radius 3 is 2.79 bits per heavy atom. The van der Waals surface area contributed by atoms with Crippen molar-refractivity contribution in [3.8, 4) is 11.5 Å². The van der Waals surface area contributed by atoms with Crippen LogP contribution in [-0.2, 0) is 4.79 Å². The number of aromatic nitrogens is 2. The summed E-state index contributed by atoms with van der Waals surface area (Å²) >= 11 is 1.43. The summed E-state index contributed by atoms with van der Waals surface area (Å²) in [5.74, 6) is 1.34. The highest BCUT2D eigenvalue weighted by Crippen LogP contribution is 2.32. The third kappa shape index (κ3) is 4.37. The Morgan fingerprint density at radius 1 is 1.11 bits per heavy atom. The molecule has 2 heterocycles. The zero-order chi connectivity index (χ0) is 19.3. The van der Waals surface area contributed by atoms with Crippen LogP contribution < -0.4 is 20.1 Å². The van der Waals surface area contributed by atoms with E-state index < -0.39 is 6.03 Å². The molecule has 4 rings (SSSR count). The van der Waals surface area contributed by atoms with Crippen LogP contribution in [0.5, 0.6) is 11.5 Å². The molecule has 3 aromatic rings. The molecule has 3 amide bonds. The van der Waals surface area contributed by atoms with Gasteiger partial charge in [0.15, 0.2) is 16.7 Å². The van der Waals surface area contributed by atoms with Crippen LogP contribution in [0.25, 0.3) is 11.0 Å². The Kier molecular flexibility index (Phi) is 5.34. The maximum atomic E-state index is 12.0. The van der Waals surface area contributed by atoms with E-state index in [2.05, 4.69) is 20.6 Å². The third-order valence-corrected chi connectivity index (χ3v) is 4.86. The lowest BCUT2D eigenvalue weighted by Crippen LogP contribution is -2.34. The maximum Gasteiger partial charge on any atom is 0.325 e. The minimum absolute atomic E-state index is 0.191. The molecule has 8 nitrogen and oxygen atoms in total. The molecule has 1 aliphatic rings. The monoisotopic (exact) mass is 398 g/mol. The first kappa shape index (κ1) is 18.2. The second kappa shape index (κ2) is 8.22. The Balaban J connectivity index is 1.23. The van der Waals surface area contributed by atoms with E-state index in [9.17, 15) is 9.59 Å². The topological polar surface area (TPSA) is 105 Å². The number of nitrogens with zero attached hydrogens (tertiary/aromatic N) is 1. The number of thioether (sulfide) groups is 1. The van der Waals surface area contributed by atoms with Crippen molar-refractivity contribution in [3.63, 3.8) is 0 Å². The molecule has 0 aliphatic carbocycles. The number of imidazole rings is 1. The molecule has 1 aliphatic heterocycles. The fourth-order valence-electron chi connectivity index (χ4n) is 2.71. The van der Waals surface area contributed by atoms with Gasteiger partial charge in [0.1, 0.15) is 13.2 Å². The summed E-state index contributed by atoms with van der Waals surface area (Å²) in [5, 5.41) is 5.68. The smallest absolute Gasteiger partial charge is 0.325 e. The van der Waals surface area contributed by atoms with Gasteiger partial charge < -0.3 is 19.8 Å². The Labute approximate surface area is 165 Å². The molecule has 144 valence electrons. The predicted octanol–water partition coefficient (Wildman–Crippen LogP) is 3.16. The number of hydrogen-bond donors (Lipinski definition) is 3. The molecule has 0 saturated carbocycles. The fraction of sp³-hybridized carbons (Fsp3) is 0.211. The molecule has 28 heavy (non-hydrogen) atoms. The normalized spacial score (nSPS) is 12.6. The van der Waals surface area contributed by atoms with Crippen LogP contribution in [-0.4, -0.2) is 40.9 Å². The summed E-state index contributed by atoms with van der Waals surface area (Å²) in [6.45, 7) is 0.963. The number of para-hydroxylation sites is 2. The van der Waals surface area contributed by atoms with E-state index in [0.717, 1.165) is 16.2 Å². The first-order valence-corrected chi connectivity index (χ1v) is 9.74. The van der Waals surface area contributed by atoms with Gasteiger partial charge in [-0.15, -0.1) is 0 Å². The van der Waals surface area contributed by atoms with E-state index in [4.69, 9.17) is 9.47 Å². The molecular weight excluding hydrogens is 380 g/mol. The van der Waals surface area contributed by atoms with Crippen molar-refractivity contribution in [2.24, 2.45) is 0 Å². The van der Waals surface area contributed by atoms with Gasteiger partial charge in [0.2, 0.25) is 5.91 Å². The molecule has 0 atom stereocenters. The summed E-state index contributed by atoms with van der Waals surface area (Å²) in [6.07, 6.45) is 0.191. The average Bonchev–Trinajstić information content (AvgIpc) is 3.10. The SMILES string of the molecule is O=C(CCSc1nc2ccccc2[nH]1)NC(=O)Nc1ccc2c(c1)OCCO2. The highest BCUT2D eigenvalue weighted by molar-refractivity contribution is 7.99. The van der Waals surface area contributed by atoms with Gasteiger partial charge in [0.25, 0.3) is 0 Å². The van der Waals surface area contributed by atoms with E-state index in [-0.39, 0.29) is 12.3 Å². The van der Waals surface area contributed by atoms with E-state index in [1.54, 1.807) is 18.2 Å². The molecular formula is C19H18N4O4S. The van der Waals surface area contributed by atoms with Gasteiger partial charge >= 0.3 is 6.03 Å². The number of rotatable bonds is 5. The van der Waals surface area contributed by atoms with Crippen LogP contribution in [0.1, 0.15) is 6.42 Å². The van der Waals surface area contributed by atoms with Gasteiger partial charge in [-0.2, -0.15) is 0 Å². The van der Waals surface area contributed by atoms with Gasteiger partial charge in [-0.05, 0) is 24.3 Å². The zero-order valence-electron chi connectivity index (χ0n) is 14.9. The number of carbonyl (C=O) groups is 2. The van der Waals surface area contributed by atoms with Crippen molar-refractivity contribution in [3.05, 3.63) is 42.5 Å². The second-order valence-electron chi connectivity index (χ2n) is 6.02. The fourth-order valence-corrected chi connectivity index (χ4v) is 3.54. The minimum atomic E-state index is -0.588. The molecule has 0 bridgehead atoms.